The molecule has 0 saturated carbocycles. The maximum atomic E-state index is 12.8. The second kappa shape index (κ2) is 33.3. The SMILES string of the molecule is C.C.C.C.CCn1cc(-c2ccc(CC(CCO)NC(=O)c3ccc(OC(C)C(F)(F)F)c(Cl)c3)cc2)nc1C(C)(C)O.CCn1cc(-c2ccc(CC(N)CCO)cc2)nc1C(C)(C)O.C[C@@H](Oc1ccc(C(=O)O)cc1Cl)C(F)(F)F. The zero-order chi connectivity index (χ0) is 59.2. The van der Waals surface area contributed by atoms with Crippen molar-refractivity contribution in [2.75, 3.05) is 13.2 Å². The summed E-state index contributed by atoms with van der Waals surface area (Å²) in [5, 5.41) is 50.3. The van der Waals surface area contributed by atoms with Gasteiger partial charge in [0.1, 0.15) is 34.3 Å². The predicted octanol–water partition coefficient (Wildman–Crippen LogP) is 13.5. The molecule has 0 radical (unpaired) electrons. The molecular formula is C60H84Cl2F6N6O9. The van der Waals surface area contributed by atoms with Crippen LogP contribution in [0.5, 0.6) is 11.5 Å². The molecule has 1 amide bonds. The maximum Gasteiger partial charge on any atom is 0.425 e. The zero-order valence-corrected chi connectivity index (χ0v) is 46.5. The monoisotopic (exact) mass is 1220 g/mol. The molecule has 4 aromatic carbocycles. The molecule has 15 nitrogen and oxygen atoms in total. The Morgan fingerprint density at radius 2 is 1.00 bits per heavy atom. The van der Waals surface area contributed by atoms with Gasteiger partial charge in [0.05, 0.1) is 27.0 Å². The molecule has 0 bridgehead atoms. The largest absolute Gasteiger partial charge is 0.480 e. The van der Waals surface area contributed by atoms with Gasteiger partial charge in [0.15, 0.2) is 12.2 Å². The van der Waals surface area contributed by atoms with Gasteiger partial charge < -0.3 is 55.2 Å². The van der Waals surface area contributed by atoms with Crippen LogP contribution >= 0.6 is 23.2 Å². The molecule has 2 aromatic heterocycles. The lowest BCUT2D eigenvalue weighted by molar-refractivity contribution is -0.189. The molecule has 464 valence electrons. The fourth-order valence-corrected chi connectivity index (χ4v) is 8.13. The molecule has 0 saturated heterocycles. The number of nitrogens with zero attached hydrogens (tertiary/aromatic N) is 4. The van der Waals surface area contributed by atoms with E-state index in [-0.39, 0.29) is 81.6 Å². The predicted molar refractivity (Wildman–Crippen MR) is 316 cm³/mol. The Morgan fingerprint density at radius 1 is 0.627 bits per heavy atom. The van der Waals surface area contributed by atoms with Crippen LogP contribution < -0.4 is 20.5 Å². The molecule has 4 atom stereocenters. The first-order valence-corrected chi connectivity index (χ1v) is 25.9. The average molecular weight is 1220 g/mol. The Labute approximate surface area is 494 Å². The van der Waals surface area contributed by atoms with Gasteiger partial charge in [0.2, 0.25) is 0 Å². The summed E-state index contributed by atoms with van der Waals surface area (Å²) in [4.78, 5) is 32.6. The number of aryl methyl sites for hydroxylation is 2. The van der Waals surface area contributed by atoms with Crippen LogP contribution in [0.4, 0.5) is 26.3 Å². The van der Waals surface area contributed by atoms with Gasteiger partial charge in [-0.15, -0.1) is 0 Å². The molecule has 6 rings (SSSR count). The van der Waals surface area contributed by atoms with Gasteiger partial charge in [-0.2, -0.15) is 26.3 Å². The van der Waals surface area contributed by atoms with E-state index in [1.165, 1.54) is 18.2 Å². The van der Waals surface area contributed by atoms with Crippen LogP contribution in [0, 0.1) is 0 Å². The number of amides is 1. The third-order valence-electron chi connectivity index (χ3n) is 12.0. The van der Waals surface area contributed by atoms with E-state index in [1.54, 1.807) is 27.7 Å². The number of aliphatic hydroxyl groups is 4. The van der Waals surface area contributed by atoms with Gasteiger partial charge in [-0.05, 0) is 129 Å². The molecule has 0 aliphatic heterocycles. The number of imidazole rings is 2. The number of carboxylic acid groups (broad SMARTS) is 1. The lowest BCUT2D eigenvalue weighted by Gasteiger charge is -2.20. The fourth-order valence-electron chi connectivity index (χ4n) is 7.68. The van der Waals surface area contributed by atoms with Crippen molar-refractivity contribution in [1.29, 1.82) is 0 Å². The minimum absolute atomic E-state index is 0. The van der Waals surface area contributed by atoms with E-state index in [1.807, 2.05) is 83.9 Å². The Hall–Kier alpha value is -6.20. The minimum Gasteiger partial charge on any atom is -0.480 e. The summed E-state index contributed by atoms with van der Waals surface area (Å²) in [5.41, 5.74) is 9.47. The van der Waals surface area contributed by atoms with Crippen LogP contribution in [0.25, 0.3) is 22.5 Å². The molecule has 83 heavy (non-hydrogen) atoms. The van der Waals surface area contributed by atoms with Crippen LogP contribution in [0.3, 0.4) is 0 Å². The Balaban J connectivity index is 0.00000130. The molecule has 23 heteroatoms. The second-order valence-electron chi connectivity index (χ2n) is 19.5. The van der Waals surface area contributed by atoms with E-state index in [4.69, 9.17) is 43.9 Å². The van der Waals surface area contributed by atoms with Crippen molar-refractivity contribution in [2.45, 2.75) is 172 Å². The van der Waals surface area contributed by atoms with E-state index >= 15 is 0 Å². The van der Waals surface area contributed by atoms with Crippen molar-refractivity contribution >= 4 is 35.1 Å². The summed E-state index contributed by atoms with van der Waals surface area (Å²) < 4.78 is 88.3. The first kappa shape index (κ1) is 76.8. The van der Waals surface area contributed by atoms with E-state index in [0.717, 1.165) is 78.7 Å². The number of carbonyl (C=O) groups excluding carboxylic acids is 1. The van der Waals surface area contributed by atoms with Crippen molar-refractivity contribution in [2.24, 2.45) is 5.73 Å². The molecule has 6 aromatic rings. The summed E-state index contributed by atoms with van der Waals surface area (Å²) in [7, 11) is 0. The number of halogens is 8. The normalized spacial score (nSPS) is 12.8. The molecule has 0 aliphatic rings. The number of alkyl halides is 6. The van der Waals surface area contributed by atoms with E-state index in [2.05, 4.69) is 20.0 Å². The van der Waals surface area contributed by atoms with Crippen molar-refractivity contribution in [3.05, 3.63) is 141 Å². The number of nitrogens with two attached hydrogens (primary N) is 1. The smallest absolute Gasteiger partial charge is 0.425 e. The Bertz CT molecular complexity index is 2920. The van der Waals surface area contributed by atoms with Crippen molar-refractivity contribution in [3.8, 4) is 34.0 Å². The van der Waals surface area contributed by atoms with Crippen molar-refractivity contribution in [3.63, 3.8) is 0 Å². The Morgan fingerprint density at radius 3 is 1.33 bits per heavy atom. The highest BCUT2D eigenvalue weighted by Crippen LogP contribution is 2.33. The number of aliphatic hydroxyl groups excluding tert-OH is 2. The van der Waals surface area contributed by atoms with Gasteiger partial charge >= 0.3 is 18.3 Å². The summed E-state index contributed by atoms with van der Waals surface area (Å²) in [6, 6.07) is 22.4. The van der Waals surface area contributed by atoms with Gasteiger partial charge in [0.25, 0.3) is 5.91 Å². The van der Waals surface area contributed by atoms with Crippen molar-refractivity contribution < 1.29 is 70.9 Å². The number of aromatic carboxylic acids is 1. The van der Waals surface area contributed by atoms with Gasteiger partial charge in [-0.1, -0.05) is 101 Å². The molecular weight excluding hydrogens is 1130 g/mol. The summed E-state index contributed by atoms with van der Waals surface area (Å²) >= 11 is 11.7. The summed E-state index contributed by atoms with van der Waals surface area (Å²) in [6.45, 7) is 14.0. The number of carboxylic acids is 1. The second-order valence-corrected chi connectivity index (χ2v) is 20.4. The number of carbonyl (C=O) groups is 2. The summed E-state index contributed by atoms with van der Waals surface area (Å²) in [5.74, 6) is -0.840. The highest BCUT2D eigenvalue weighted by atomic mass is 35.5. The van der Waals surface area contributed by atoms with Crippen LogP contribution in [0.15, 0.2) is 97.3 Å². The summed E-state index contributed by atoms with van der Waals surface area (Å²) in [6.07, 6.45) is -7.18. The topological polar surface area (TPSA) is 227 Å². The highest BCUT2D eigenvalue weighted by molar-refractivity contribution is 6.32. The minimum atomic E-state index is -4.55. The first-order chi connectivity index (χ1) is 36.8. The molecule has 0 spiro atoms. The molecule has 3 unspecified atom stereocenters. The zero-order valence-electron chi connectivity index (χ0n) is 45.0. The first-order valence-electron chi connectivity index (χ1n) is 25.1. The van der Waals surface area contributed by atoms with Crippen molar-refractivity contribution in [1.82, 2.24) is 24.4 Å². The van der Waals surface area contributed by atoms with E-state index < -0.39 is 53.7 Å². The number of hydrogen-bond donors (Lipinski definition) is 7. The van der Waals surface area contributed by atoms with Gasteiger partial charge in [-0.3, -0.25) is 4.79 Å². The number of aromatic nitrogens is 4. The fraction of sp³-hybridized carbons (Fsp3) is 0.467. The number of hydrogen-bond acceptors (Lipinski definition) is 11. The molecule has 0 aliphatic carbocycles. The highest BCUT2D eigenvalue weighted by Gasteiger charge is 2.39. The van der Waals surface area contributed by atoms with Gasteiger partial charge in [-0.25, -0.2) is 14.8 Å². The van der Waals surface area contributed by atoms with E-state index in [0.29, 0.717) is 37.5 Å². The number of benzene rings is 4. The lowest BCUT2D eigenvalue weighted by Crippen LogP contribution is -2.37. The van der Waals surface area contributed by atoms with Gasteiger partial charge in [0, 0.05) is 67.5 Å². The molecule has 0 fully saturated rings. The standard InChI is InChI=1S/C28H33ClF3N3O4.C18H27N3O2.C10H8ClF3O3.4CH4/c1-5-35-16-23(34-26(35)27(3,4)38)19-8-6-18(7-9-19)14-21(12-13-36)33-25(37)20-10-11-24(22(29)15-20)39-17(2)28(30,31)32;1-4-21-12-16(20-17(21)18(2,3)23)14-7-5-13(6-8-14)11-15(19)9-10-22;1-5(10(12,13)14)17-8-3-2-6(9(15)16)4-7(8)11;;;;/h6-11,15-17,21,36,38H,5,12-14H2,1-4H3,(H,33,37);5-8,12,15,22-23H,4,9-11,19H2,1-3H3;2-5H,1H3,(H,15,16);4*1H4/t;;5-;;;;/m..1..../s1. The number of nitrogens with one attached hydrogen (secondary N) is 1. The number of ether oxygens (including phenoxy) is 2. The average Bonchev–Trinajstić information content (AvgIpc) is 4.11. The third-order valence-corrected chi connectivity index (χ3v) is 12.6. The van der Waals surface area contributed by atoms with Crippen LogP contribution in [0.2, 0.25) is 10.0 Å². The molecule has 8 N–H and O–H groups in total. The number of rotatable bonds is 21. The van der Waals surface area contributed by atoms with Crippen LogP contribution in [0.1, 0.15) is 141 Å². The van der Waals surface area contributed by atoms with Crippen LogP contribution in [-0.4, -0.2) is 106 Å². The van der Waals surface area contributed by atoms with Crippen LogP contribution in [-0.2, 0) is 37.1 Å². The molecule has 2 heterocycles. The maximum absolute atomic E-state index is 12.8. The Kier molecular flexibility index (Phi) is 30.8. The quantitative estimate of drug-likeness (QED) is 0.0334. The van der Waals surface area contributed by atoms with E-state index in [9.17, 15) is 51.3 Å². The lowest BCUT2D eigenvalue weighted by atomic mass is 10.0. The third kappa shape index (κ3) is 23.1.